The first-order valence-electron chi connectivity index (χ1n) is 4.76. The van der Waals surface area contributed by atoms with Gasteiger partial charge in [-0.25, -0.2) is 12.8 Å². The van der Waals surface area contributed by atoms with Gasteiger partial charge in [0.1, 0.15) is 5.82 Å². The second-order valence-corrected chi connectivity index (χ2v) is 6.28. The van der Waals surface area contributed by atoms with Crippen LogP contribution in [0.15, 0.2) is 62.8 Å². The summed E-state index contributed by atoms with van der Waals surface area (Å²) in [6.45, 7) is 0. The summed E-state index contributed by atoms with van der Waals surface area (Å²) in [7, 11) is -3.57. The molecule has 0 radical (unpaired) electrons. The summed E-state index contributed by atoms with van der Waals surface area (Å²) >= 11 is 3.21. The zero-order chi connectivity index (χ0) is 12.5. The summed E-state index contributed by atoms with van der Waals surface area (Å²) in [5.74, 6) is -0.460. The Hall–Kier alpha value is -1.20. The molecule has 0 aromatic heterocycles. The molecule has 0 aliphatic carbocycles. The van der Waals surface area contributed by atoms with Gasteiger partial charge in [-0.05, 0) is 42.5 Å². The molecular formula is C12H8BrFO2S. The number of sulfone groups is 1. The monoisotopic (exact) mass is 314 g/mol. The third kappa shape index (κ3) is 2.56. The summed E-state index contributed by atoms with van der Waals surface area (Å²) in [5, 5.41) is 0. The van der Waals surface area contributed by atoms with E-state index in [-0.39, 0.29) is 9.79 Å². The maximum Gasteiger partial charge on any atom is 0.206 e. The normalized spacial score (nSPS) is 11.4. The molecule has 0 aliphatic heterocycles. The second kappa shape index (κ2) is 4.58. The van der Waals surface area contributed by atoms with Crippen molar-refractivity contribution >= 4 is 25.8 Å². The zero-order valence-corrected chi connectivity index (χ0v) is 11.0. The summed E-state index contributed by atoms with van der Waals surface area (Å²) in [5.41, 5.74) is 0. The smallest absolute Gasteiger partial charge is 0.206 e. The highest BCUT2D eigenvalue weighted by Gasteiger charge is 2.17. The first kappa shape index (κ1) is 12.3. The van der Waals surface area contributed by atoms with Crippen LogP contribution in [0.3, 0.4) is 0 Å². The average Bonchev–Trinajstić information content (AvgIpc) is 2.29. The Morgan fingerprint density at radius 3 is 2.18 bits per heavy atom. The molecule has 5 heteroatoms. The van der Waals surface area contributed by atoms with Gasteiger partial charge in [0.2, 0.25) is 9.84 Å². The van der Waals surface area contributed by atoms with Gasteiger partial charge in [0.05, 0.1) is 9.79 Å². The van der Waals surface area contributed by atoms with Crippen molar-refractivity contribution in [3.05, 3.63) is 58.8 Å². The van der Waals surface area contributed by atoms with Crippen LogP contribution in [-0.4, -0.2) is 8.42 Å². The average molecular weight is 315 g/mol. The molecule has 0 bridgehead atoms. The highest BCUT2D eigenvalue weighted by atomic mass is 79.9. The fourth-order valence-corrected chi connectivity index (χ4v) is 3.24. The first-order chi connectivity index (χ1) is 8.00. The van der Waals surface area contributed by atoms with Gasteiger partial charge in [0, 0.05) is 4.47 Å². The fraction of sp³-hybridized carbons (Fsp3) is 0. The molecule has 17 heavy (non-hydrogen) atoms. The van der Waals surface area contributed by atoms with Crippen molar-refractivity contribution in [2.24, 2.45) is 0 Å². The first-order valence-corrected chi connectivity index (χ1v) is 7.04. The van der Waals surface area contributed by atoms with Gasteiger partial charge in [0.15, 0.2) is 0 Å². The maximum absolute atomic E-state index is 12.7. The van der Waals surface area contributed by atoms with Gasteiger partial charge in [-0.2, -0.15) is 0 Å². The van der Waals surface area contributed by atoms with Crippen LogP contribution in [0.2, 0.25) is 0 Å². The Labute approximate surface area is 107 Å². The lowest BCUT2D eigenvalue weighted by Gasteiger charge is -2.04. The van der Waals surface area contributed by atoms with Crippen molar-refractivity contribution < 1.29 is 12.8 Å². The number of rotatable bonds is 2. The number of hydrogen-bond acceptors (Lipinski definition) is 2. The van der Waals surface area contributed by atoms with Crippen molar-refractivity contribution in [2.45, 2.75) is 9.79 Å². The summed E-state index contributed by atoms with van der Waals surface area (Å²) in [6, 6.07) is 11.2. The predicted octanol–water partition coefficient (Wildman–Crippen LogP) is 3.42. The van der Waals surface area contributed by atoms with Crippen LogP contribution in [0.4, 0.5) is 4.39 Å². The molecule has 0 N–H and O–H groups in total. The highest BCUT2D eigenvalue weighted by molar-refractivity contribution is 9.10. The van der Waals surface area contributed by atoms with E-state index in [0.717, 1.165) is 12.1 Å². The molecule has 0 heterocycles. The number of hydrogen-bond donors (Lipinski definition) is 0. The largest absolute Gasteiger partial charge is 0.219 e. The van der Waals surface area contributed by atoms with Crippen LogP contribution in [0.5, 0.6) is 0 Å². The molecule has 0 atom stereocenters. The van der Waals surface area contributed by atoms with Gasteiger partial charge in [-0.1, -0.05) is 22.0 Å². The molecule has 2 rings (SSSR count). The number of benzene rings is 2. The molecule has 0 saturated heterocycles. The minimum atomic E-state index is -3.57. The van der Waals surface area contributed by atoms with E-state index in [0.29, 0.717) is 4.47 Å². The van der Waals surface area contributed by atoms with Gasteiger partial charge in [-0.3, -0.25) is 0 Å². The molecule has 2 aromatic rings. The van der Waals surface area contributed by atoms with Crippen LogP contribution in [0.25, 0.3) is 0 Å². The predicted molar refractivity (Wildman–Crippen MR) is 66.0 cm³/mol. The second-order valence-electron chi connectivity index (χ2n) is 3.41. The lowest BCUT2D eigenvalue weighted by Crippen LogP contribution is -2.01. The van der Waals surface area contributed by atoms with Crippen molar-refractivity contribution in [3.8, 4) is 0 Å². The van der Waals surface area contributed by atoms with Crippen molar-refractivity contribution in [1.29, 1.82) is 0 Å². The van der Waals surface area contributed by atoms with E-state index < -0.39 is 15.7 Å². The van der Waals surface area contributed by atoms with Gasteiger partial charge >= 0.3 is 0 Å². The minimum absolute atomic E-state index is 0.0806. The SMILES string of the molecule is O=S(=O)(c1ccc(F)cc1)c1cccc(Br)c1. The van der Waals surface area contributed by atoms with E-state index in [1.165, 1.54) is 24.3 Å². The Balaban J connectivity index is 2.54. The molecule has 2 aromatic carbocycles. The van der Waals surface area contributed by atoms with E-state index in [1.54, 1.807) is 12.1 Å². The summed E-state index contributed by atoms with van der Waals surface area (Å²) < 4.78 is 37.7. The van der Waals surface area contributed by atoms with Crippen molar-refractivity contribution in [2.75, 3.05) is 0 Å². The van der Waals surface area contributed by atoms with E-state index in [2.05, 4.69) is 15.9 Å². The van der Waals surface area contributed by atoms with Crippen LogP contribution >= 0.6 is 15.9 Å². The van der Waals surface area contributed by atoms with Gasteiger partial charge in [-0.15, -0.1) is 0 Å². The zero-order valence-electron chi connectivity index (χ0n) is 8.60. The molecule has 0 saturated carbocycles. The standard InChI is InChI=1S/C12H8BrFO2S/c13-9-2-1-3-12(8-9)17(15,16)11-6-4-10(14)5-7-11/h1-8H. The van der Waals surface area contributed by atoms with Gasteiger partial charge < -0.3 is 0 Å². The van der Waals surface area contributed by atoms with Crippen LogP contribution in [0.1, 0.15) is 0 Å². The molecule has 2 nitrogen and oxygen atoms in total. The van der Waals surface area contributed by atoms with Gasteiger partial charge in [0.25, 0.3) is 0 Å². The summed E-state index contributed by atoms with van der Waals surface area (Å²) in [4.78, 5) is 0.260. The molecule has 88 valence electrons. The molecule has 0 unspecified atom stereocenters. The highest BCUT2D eigenvalue weighted by Crippen LogP contribution is 2.23. The summed E-state index contributed by atoms with van der Waals surface area (Å²) in [6.07, 6.45) is 0. The Morgan fingerprint density at radius 2 is 1.59 bits per heavy atom. The van der Waals surface area contributed by atoms with Crippen LogP contribution in [0, 0.1) is 5.82 Å². The molecule has 0 amide bonds. The Bertz CT molecular complexity index is 636. The third-order valence-electron chi connectivity index (χ3n) is 2.23. The maximum atomic E-state index is 12.7. The lowest BCUT2D eigenvalue weighted by molar-refractivity contribution is 0.594. The molecule has 0 aliphatic rings. The van der Waals surface area contributed by atoms with E-state index in [1.807, 2.05) is 0 Å². The Kier molecular flexibility index (Phi) is 3.31. The topological polar surface area (TPSA) is 34.1 Å². The van der Waals surface area contributed by atoms with Crippen molar-refractivity contribution in [3.63, 3.8) is 0 Å². The van der Waals surface area contributed by atoms with E-state index in [9.17, 15) is 12.8 Å². The van der Waals surface area contributed by atoms with E-state index >= 15 is 0 Å². The van der Waals surface area contributed by atoms with Crippen LogP contribution in [-0.2, 0) is 9.84 Å². The molecule has 0 spiro atoms. The van der Waals surface area contributed by atoms with Crippen LogP contribution < -0.4 is 0 Å². The fourth-order valence-electron chi connectivity index (χ4n) is 1.38. The lowest BCUT2D eigenvalue weighted by atomic mass is 10.3. The number of halogens is 2. The molecular weight excluding hydrogens is 307 g/mol. The van der Waals surface area contributed by atoms with E-state index in [4.69, 9.17) is 0 Å². The quantitative estimate of drug-likeness (QED) is 0.796. The Morgan fingerprint density at radius 1 is 0.941 bits per heavy atom. The third-order valence-corrected chi connectivity index (χ3v) is 4.49. The molecule has 0 fully saturated rings. The van der Waals surface area contributed by atoms with Crippen molar-refractivity contribution in [1.82, 2.24) is 0 Å². The minimum Gasteiger partial charge on any atom is -0.219 e.